The molecule has 1 unspecified atom stereocenters. The molecule has 1 aliphatic heterocycles. The monoisotopic (exact) mass is 517 g/mol. The molecule has 0 bridgehead atoms. The van der Waals surface area contributed by atoms with Gasteiger partial charge >= 0.3 is 0 Å². The maximum absolute atomic E-state index is 13.1. The normalized spacial score (nSPS) is 16.6. The van der Waals surface area contributed by atoms with Crippen molar-refractivity contribution in [2.24, 2.45) is 0 Å². The third kappa shape index (κ3) is 5.41. The van der Waals surface area contributed by atoms with Gasteiger partial charge in [0.2, 0.25) is 11.1 Å². The van der Waals surface area contributed by atoms with Gasteiger partial charge in [0.1, 0.15) is 11.8 Å². The summed E-state index contributed by atoms with van der Waals surface area (Å²) in [5.41, 5.74) is 3.82. The number of ketones is 1. The highest BCUT2D eigenvalue weighted by Crippen LogP contribution is 2.41. The molecule has 1 aliphatic carbocycles. The van der Waals surface area contributed by atoms with Crippen molar-refractivity contribution in [1.29, 1.82) is 0 Å². The number of likely N-dealkylation sites (N-methyl/N-ethyl adjacent to an activating group) is 1. The van der Waals surface area contributed by atoms with E-state index in [1.807, 2.05) is 61.0 Å². The van der Waals surface area contributed by atoms with Gasteiger partial charge < -0.3 is 15.0 Å². The number of allylic oxidation sites excluding steroid dienone is 2. The van der Waals surface area contributed by atoms with Gasteiger partial charge in [-0.2, -0.15) is 4.98 Å². The van der Waals surface area contributed by atoms with Crippen molar-refractivity contribution in [2.45, 2.75) is 50.1 Å². The Bertz CT molecular complexity index is 1300. The fourth-order valence-electron chi connectivity index (χ4n) is 4.79. The van der Waals surface area contributed by atoms with Crippen LogP contribution < -0.4 is 10.1 Å². The van der Waals surface area contributed by atoms with Gasteiger partial charge in [-0.05, 0) is 49.9 Å². The number of carbonyl (C=O) groups excluding carboxylic acids is 2. The number of nitrogens with zero attached hydrogens (tertiary/aromatic N) is 4. The Morgan fingerprint density at radius 1 is 1.11 bits per heavy atom. The molecule has 3 aromatic rings. The highest BCUT2D eigenvalue weighted by Gasteiger charge is 2.36. The summed E-state index contributed by atoms with van der Waals surface area (Å²) in [6.45, 7) is 5.22. The zero-order valence-corrected chi connectivity index (χ0v) is 22.0. The second-order valence-corrected chi connectivity index (χ2v) is 10.00. The summed E-state index contributed by atoms with van der Waals surface area (Å²) < 4.78 is 7.58. The summed E-state index contributed by atoms with van der Waals surface area (Å²) in [6, 6.07) is 17.5. The molecule has 1 atom stereocenters. The molecule has 9 heteroatoms. The third-order valence-corrected chi connectivity index (χ3v) is 7.64. The molecule has 2 aromatic carbocycles. The van der Waals surface area contributed by atoms with Crippen LogP contribution in [0.15, 0.2) is 71.0 Å². The molecule has 1 N–H and O–H groups in total. The van der Waals surface area contributed by atoms with Gasteiger partial charge in [0.15, 0.2) is 12.4 Å². The molecule has 0 saturated carbocycles. The summed E-state index contributed by atoms with van der Waals surface area (Å²) in [6.07, 6.45) is 2.17. The molecular formula is C28H31N5O3S. The molecule has 1 aromatic heterocycles. The van der Waals surface area contributed by atoms with Crippen LogP contribution in [0.25, 0.3) is 0 Å². The zero-order valence-electron chi connectivity index (χ0n) is 21.1. The lowest BCUT2D eigenvalue weighted by Crippen LogP contribution is -2.34. The van der Waals surface area contributed by atoms with E-state index >= 15 is 0 Å². The van der Waals surface area contributed by atoms with Crippen LogP contribution in [0, 0.1) is 0 Å². The van der Waals surface area contributed by atoms with Crippen LogP contribution in [-0.2, 0) is 15.3 Å². The lowest BCUT2D eigenvalue weighted by atomic mass is 9.85. The van der Waals surface area contributed by atoms with Gasteiger partial charge in [-0.1, -0.05) is 54.2 Å². The Balaban J connectivity index is 1.39. The number of fused-ring (bicyclic) bond motifs is 1. The van der Waals surface area contributed by atoms with E-state index < -0.39 is 0 Å². The first-order valence-electron chi connectivity index (χ1n) is 12.7. The lowest BCUT2D eigenvalue weighted by Gasteiger charge is -2.32. The Hall–Kier alpha value is -3.59. The molecule has 0 spiro atoms. The summed E-state index contributed by atoms with van der Waals surface area (Å²) >= 11 is 1.57. The van der Waals surface area contributed by atoms with Crippen LogP contribution in [0.3, 0.4) is 0 Å². The Morgan fingerprint density at radius 2 is 1.86 bits per heavy atom. The number of anilines is 1. The van der Waals surface area contributed by atoms with Crippen molar-refractivity contribution in [3.05, 3.63) is 77.0 Å². The van der Waals surface area contributed by atoms with Crippen molar-refractivity contribution >= 4 is 29.4 Å². The van der Waals surface area contributed by atoms with E-state index in [0.29, 0.717) is 36.4 Å². The minimum atomic E-state index is -0.357. The molecule has 2 aliphatic rings. The smallest absolute Gasteiger partial charge is 0.260 e. The predicted molar refractivity (Wildman–Crippen MR) is 144 cm³/mol. The molecule has 1 amide bonds. The molecule has 0 radical (unpaired) electrons. The van der Waals surface area contributed by atoms with E-state index in [1.54, 1.807) is 16.7 Å². The summed E-state index contributed by atoms with van der Waals surface area (Å²) in [5, 5.41) is 8.85. The van der Waals surface area contributed by atoms with Crippen LogP contribution in [0.4, 0.5) is 5.95 Å². The van der Waals surface area contributed by atoms with Gasteiger partial charge in [0.25, 0.3) is 5.91 Å². The molecule has 192 valence electrons. The first-order chi connectivity index (χ1) is 18.1. The Morgan fingerprint density at radius 3 is 2.59 bits per heavy atom. The molecule has 0 saturated heterocycles. The van der Waals surface area contributed by atoms with Gasteiger partial charge in [-0.3, -0.25) is 9.59 Å². The highest BCUT2D eigenvalue weighted by atomic mass is 32.2. The maximum atomic E-state index is 13.1. The van der Waals surface area contributed by atoms with E-state index in [9.17, 15) is 9.59 Å². The fourth-order valence-corrected chi connectivity index (χ4v) is 5.57. The molecule has 2 heterocycles. The number of amides is 1. The highest BCUT2D eigenvalue weighted by molar-refractivity contribution is 7.98. The molecule has 5 rings (SSSR count). The third-order valence-electron chi connectivity index (χ3n) is 6.73. The standard InChI is InChI=1S/C28H31N5O3S/c1-3-32(4-2)24(35)17-36-21-15-13-20(14-16-21)26-25-22(11-8-12-23(25)34)29-27-30-28(31-33(26)27)37-18-19-9-6-5-7-10-19/h5-7,9-10,13-16,26H,3-4,8,11-12,17-18H2,1-2H3,(H,29,30,31). The average molecular weight is 518 g/mol. The lowest BCUT2D eigenvalue weighted by molar-refractivity contribution is -0.133. The van der Waals surface area contributed by atoms with Crippen molar-refractivity contribution in [3.8, 4) is 5.75 Å². The second kappa shape index (κ2) is 11.2. The topological polar surface area (TPSA) is 89.3 Å². The number of hydrogen-bond acceptors (Lipinski definition) is 7. The van der Waals surface area contributed by atoms with E-state index in [4.69, 9.17) is 14.8 Å². The van der Waals surface area contributed by atoms with Crippen molar-refractivity contribution in [2.75, 3.05) is 25.0 Å². The minimum Gasteiger partial charge on any atom is -0.484 e. The number of rotatable bonds is 9. The number of hydrogen-bond donors (Lipinski definition) is 1. The van der Waals surface area contributed by atoms with Crippen LogP contribution in [0.2, 0.25) is 0 Å². The number of carbonyl (C=O) groups is 2. The molecular weight excluding hydrogens is 486 g/mol. The largest absolute Gasteiger partial charge is 0.484 e. The number of Topliss-reactive ketones (excluding diaryl/α,β-unsaturated/α-hetero) is 1. The first kappa shape index (κ1) is 25.1. The average Bonchev–Trinajstić information content (AvgIpc) is 3.34. The van der Waals surface area contributed by atoms with Gasteiger partial charge in [-0.25, -0.2) is 4.68 Å². The number of ether oxygens (including phenoxy) is 1. The molecule has 8 nitrogen and oxygen atoms in total. The second-order valence-electron chi connectivity index (χ2n) is 9.06. The number of aromatic nitrogens is 3. The summed E-state index contributed by atoms with van der Waals surface area (Å²) in [4.78, 5) is 31.9. The quantitative estimate of drug-likeness (QED) is 0.406. The van der Waals surface area contributed by atoms with Crippen molar-refractivity contribution < 1.29 is 14.3 Å². The van der Waals surface area contributed by atoms with E-state index in [1.165, 1.54) is 5.56 Å². The molecule has 0 fully saturated rings. The van der Waals surface area contributed by atoms with E-state index in [0.717, 1.165) is 35.4 Å². The van der Waals surface area contributed by atoms with E-state index in [2.05, 4.69) is 17.4 Å². The summed E-state index contributed by atoms with van der Waals surface area (Å²) in [5.74, 6) is 2.13. The fraction of sp³-hybridized carbons (Fsp3) is 0.357. The minimum absolute atomic E-state index is 0.00260. The van der Waals surface area contributed by atoms with Crippen LogP contribution in [0.1, 0.15) is 50.3 Å². The zero-order chi connectivity index (χ0) is 25.8. The predicted octanol–water partition coefficient (Wildman–Crippen LogP) is 4.84. The van der Waals surface area contributed by atoms with Gasteiger partial charge in [0, 0.05) is 36.5 Å². The SMILES string of the molecule is CCN(CC)C(=O)COc1ccc(C2C3=C(CCCC3=O)Nc3nc(SCc4ccccc4)nn32)cc1. The Labute approximate surface area is 221 Å². The van der Waals surface area contributed by atoms with Gasteiger partial charge in [-0.15, -0.1) is 5.10 Å². The first-order valence-corrected chi connectivity index (χ1v) is 13.7. The van der Waals surface area contributed by atoms with Gasteiger partial charge in [0.05, 0.1) is 0 Å². The Kier molecular flexibility index (Phi) is 7.60. The van der Waals surface area contributed by atoms with E-state index in [-0.39, 0.29) is 24.3 Å². The molecule has 37 heavy (non-hydrogen) atoms. The maximum Gasteiger partial charge on any atom is 0.260 e. The van der Waals surface area contributed by atoms with Crippen LogP contribution >= 0.6 is 11.8 Å². The van der Waals surface area contributed by atoms with Crippen LogP contribution in [0.5, 0.6) is 5.75 Å². The number of thioether (sulfide) groups is 1. The van der Waals surface area contributed by atoms with Crippen molar-refractivity contribution in [1.82, 2.24) is 19.7 Å². The summed E-state index contributed by atoms with van der Waals surface area (Å²) in [7, 11) is 0. The van der Waals surface area contributed by atoms with Crippen molar-refractivity contribution in [3.63, 3.8) is 0 Å². The number of benzene rings is 2. The van der Waals surface area contributed by atoms with Crippen LogP contribution in [-0.4, -0.2) is 51.1 Å². The number of nitrogens with one attached hydrogen (secondary N) is 1.